The SMILES string of the molecule is C=CCOc1cc(C)cc(OCC=C)c1Br. The number of ether oxygens (including phenoxy) is 2. The molecule has 2 nitrogen and oxygen atoms in total. The van der Waals surface area contributed by atoms with Crippen molar-refractivity contribution in [3.63, 3.8) is 0 Å². The average Bonchev–Trinajstić information content (AvgIpc) is 2.28. The topological polar surface area (TPSA) is 18.5 Å². The third-order valence-electron chi connectivity index (χ3n) is 1.86. The van der Waals surface area contributed by atoms with E-state index < -0.39 is 0 Å². The molecule has 0 heterocycles. The summed E-state index contributed by atoms with van der Waals surface area (Å²) in [6.45, 7) is 10.2. The quantitative estimate of drug-likeness (QED) is 0.737. The van der Waals surface area contributed by atoms with Crippen molar-refractivity contribution >= 4 is 15.9 Å². The molecule has 0 aliphatic rings. The highest BCUT2D eigenvalue weighted by Crippen LogP contribution is 2.35. The van der Waals surface area contributed by atoms with Crippen LogP contribution in [-0.4, -0.2) is 13.2 Å². The molecule has 1 aromatic rings. The van der Waals surface area contributed by atoms with Gasteiger partial charge in [0.2, 0.25) is 0 Å². The van der Waals surface area contributed by atoms with Gasteiger partial charge in [0.25, 0.3) is 0 Å². The fourth-order valence-electron chi connectivity index (χ4n) is 1.21. The summed E-state index contributed by atoms with van der Waals surface area (Å²) in [5, 5.41) is 0. The fourth-order valence-corrected chi connectivity index (χ4v) is 1.67. The van der Waals surface area contributed by atoms with Crippen molar-refractivity contribution in [2.24, 2.45) is 0 Å². The van der Waals surface area contributed by atoms with Crippen molar-refractivity contribution in [3.05, 3.63) is 47.5 Å². The molecule has 3 heteroatoms. The van der Waals surface area contributed by atoms with Crippen LogP contribution in [0.25, 0.3) is 0 Å². The predicted molar refractivity (Wildman–Crippen MR) is 70.3 cm³/mol. The van der Waals surface area contributed by atoms with E-state index in [0.717, 1.165) is 21.5 Å². The molecule has 0 aliphatic carbocycles. The smallest absolute Gasteiger partial charge is 0.137 e. The molecule has 0 saturated carbocycles. The first-order chi connectivity index (χ1) is 7.69. The summed E-state index contributed by atoms with van der Waals surface area (Å²) >= 11 is 3.46. The lowest BCUT2D eigenvalue weighted by Gasteiger charge is -2.12. The fraction of sp³-hybridized carbons (Fsp3) is 0.231. The largest absolute Gasteiger partial charge is 0.488 e. The van der Waals surface area contributed by atoms with Gasteiger partial charge in [-0.15, -0.1) is 0 Å². The summed E-state index contributed by atoms with van der Waals surface area (Å²) in [5.74, 6) is 1.53. The minimum atomic E-state index is 0.475. The monoisotopic (exact) mass is 282 g/mol. The first kappa shape index (κ1) is 12.8. The Morgan fingerprint density at radius 2 is 1.56 bits per heavy atom. The third kappa shape index (κ3) is 3.42. The van der Waals surface area contributed by atoms with E-state index in [4.69, 9.17) is 9.47 Å². The van der Waals surface area contributed by atoms with E-state index >= 15 is 0 Å². The Morgan fingerprint density at radius 1 is 1.12 bits per heavy atom. The van der Waals surface area contributed by atoms with Crippen LogP contribution >= 0.6 is 15.9 Å². The van der Waals surface area contributed by atoms with Crippen molar-refractivity contribution in [1.29, 1.82) is 0 Å². The molecule has 0 aromatic heterocycles. The molecule has 0 aliphatic heterocycles. The molecule has 1 aromatic carbocycles. The predicted octanol–water partition coefficient (Wildman–Crippen LogP) is 3.89. The van der Waals surface area contributed by atoms with E-state index in [1.165, 1.54) is 0 Å². The maximum atomic E-state index is 5.52. The minimum absolute atomic E-state index is 0.475. The molecule has 0 fully saturated rings. The first-order valence-corrected chi connectivity index (χ1v) is 5.76. The van der Waals surface area contributed by atoms with Crippen LogP contribution in [0.5, 0.6) is 11.5 Å². The van der Waals surface area contributed by atoms with E-state index in [9.17, 15) is 0 Å². The summed E-state index contributed by atoms with van der Waals surface area (Å²) in [6.07, 6.45) is 3.41. The second kappa shape index (κ2) is 6.38. The molecular weight excluding hydrogens is 268 g/mol. The Bertz CT molecular complexity index is 353. The summed E-state index contributed by atoms with van der Waals surface area (Å²) in [5.41, 5.74) is 1.08. The van der Waals surface area contributed by atoms with E-state index in [1.807, 2.05) is 19.1 Å². The highest BCUT2D eigenvalue weighted by molar-refractivity contribution is 9.10. The van der Waals surface area contributed by atoms with E-state index in [-0.39, 0.29) is 0 Å². The van der Waals surface area contributed by atoms with Gasteiger partial charge in [-0.2, -0.15) is 0 Å². The maximum absolute atomic E-state index is 5.52. The Kier molecular flexibility index (Phi) is 5.12. The molecule has 0 radical (unpaired) electrons. The molecule has 0 unspecified atom stereocenters. The van der Waals surface area contributed by atoms with Gasteiger partial charge in [0, 0.05) is 0 Å². The Morgan fingerprint density at radius 3 is 1.94 bits per heavy atom. The number of aryl methyl sites for hydroxylation is 1. The molecule has 16 heavy (non-hydrogen) atoms. The van der Waals surface area contributed by atoms with Gasteiger partial charge in [0.15, 0.2) is 0 Å². The summed E-state index contributed by atoms with van der Waals surface area (Å²) in [4.78, 5) is 0. The number of hydrogen-bond donors (Lipinski definition) is 0. The highest BCUT2D eigenvalue weighted by atomic mass is 79.9. The van der Waals surface area contributed by atoms with Gasteiger partial charge < -0.3 is 9.47 Å². The molecule has 0 amide bonds. The molecule has 0 saturated heterocycles. The van der Waals surface area contributed by atoms with Gasteiger partial charge >= 0.3 is 0 Å². The lowest BCUT2D eigenvalue weighted by molar-refractivity contribution is 0.340. The van der Waals surface area contributed by atoms with Crippen molar-refractivity contribution in [3.8, 4) is 11.5 Å². The number of rotatable bonds is 6. The van der Waals surface area contributed by atoms with Crippen molar-refractivity contribution < 1.29 is 9.47 Å². The van der Waals surface area contributed by atoms with Crippen LogP contribution in [0.1, 0.15) is 5.56 Å². The van der Waals surface area contributed by atoms with E-state index in [2.05, 4.69) is 29.1 Å². The van der Waals surface area contributed by atoms with Crippen molar-refractivity contribution in [1.82, 2.24) is 0 Å². The van der Waals surface area contributed by atoms with Crippen LogP contribution < -0.4 is 9.47 Å². The second-order valence-electron chi connectivity index (χ2n) is 3.27. The lowest BCUT2D eigenvalue weighted by Crippen LogP contribution is -1.98. The van der Waals surface area contributed by atoms with Gasteiger partial charge in [0.1, 0.15) is 29.2 Å². The standard InChI is InChI=1S/C13H15BrO2/c1-4-6-15-11-8-10(3)9-12(13(11)14)16-7-5-2/h4-5,8-9H,1-2,6-7H2,3H3. The number of halogens is 1. The second-order valence-corrected chi connectivity index (χ2v) is 4.07. The molecular formula is C13H15BrO2. The summed E-state index contributed by atoms with van der Waals surface area (Å²) < 4.78 is 11.9. The normalized spacial score (nSPS) is 9.62. The van der Waals surface area contributed by atoms with Crippen LogP contribution in [0.3, 0.4) is 0 Å². The summed E-state index contributed by atoms with van der Waals surface area (Å²) in [7, 11) is 0. The van der Waals surface area contributed by atoms with Crippen LogP contribution in [-0.2, 0) is 0 Å². The number of hydrogen-bond acceptors (Lipinski definition) is 2. The molecule has 86 valence electrons. The highest BCUT2D eigenvalue weighted by Gasteiger charge is 2.09. The molecule has 1 rings (SSSR count). The minimum Gasteiger partial charge on any atom is -0.488 e. The molecule has 0 N–H and O–H groups in total. The lowest BCUT2D eigenvalue weighted by atomic mass is 10.2. The van der Waals surface area contributed by atoms with Crippen molar-refractivity contribution in [2.45, 2.75) is 6.92 Å². The van der Waals surface area contributed by atoms with Gasteiger partial charge in [0.05, 0.1) is 0 Å². The van der Waals surface area contributed by atoms with Gasteiger partial charge in [-0.1, -0.05) is 25.3 Å². The Hall–Kier alpha value is -1.22. The average molecular weight is 283 g/mol. The zero-order valence-corrected chi connectivity index (χ0v) is 10.9. The molecule has 0 atom stereocenters. The molecule has 0 bridgehead atoms. The zero-order chi connectivity index (χ0) is 12.0. The maximum Gasteiger partial charge on any atom is 0.137 e. The van der Waals surface area contributed by atoms with Crippen LogP contribution in [0.2, 0.25) is 0 Å². The van der Waals surface area contributed by atoms with E-state index in [1.54, 1.807) is 12.2 Å². The van der Waals surface area contributed by atoms with Crippen LogP contribution in [0.4, 0.5) is 0 Å². The number of benzene rings is 1. The Balaban J connectivity index is 2.94. The van der Waals surface area contributed by atoms with E-state index in [0.29, 0.717) is 13.2 Å². The van der Waals surface area contributed by atoms with Gasteiger partial charge in [-0.3, -0.25) is 0 Å². The van der Waals surface area contributed by atoms with Crippen LogP contribution in [0.15, 0.2) is 41.9 Å². The van der Waals surface area contributed by atoms with Gasteiger partial charge in [-0.25, -0.2) is 0 Å². The van der Waals surface area contributed by atoms with Gasteiger partial charge in [-0.05, 0) is 40.5 Å². The molecule has 0 spiro atoms. The Labute approximate surface area is 105 Å². The zero-order valence-electron chi connectivity index (χ0n) is 9.33. The summed E-state index contributed by atoms with van der Waals surface area (Å²) in [6, 6.07) is 3.91. The van der Waals surface area contributed by atoms with Crippen molar-refractivity contribution in [2.75, 3.05) is 13.2 Å². The van der Waals surface area contributed by atoms with Crippen LogP contribution in [0, 0.1) is 6.92 Å². The third-order valence-corrected chi connectivity index (χ3v) is 2.65. The first-order valence-electron chi connectivity index (χ1n) is 4.96.